The summed E-state index contributed by atoms with van der Waals surface area (Å²) in [6.07, 6.45) is -0.649. The van der Waals surface area contributed by atoms with Crippen molar-refractivity contribution in [1.82, 2.24) is 4.57 Å². The minimum Gasteiger partial charge on any atom is -0.495 e. The van der Waals surface area contributed by atoms with Gasteiger partial charge in [0.1, 0.15) is 5.75 Å². The van der Waals surface area contributed by atoms with Gasteiger partial charge in [-0.15, -0.1) is 0 Å². The van der Waals surface area contributed by atoms with Gasteiger partial charge in [-0.1, -0.05) is 34.8 Å². The van der Waals surface area contributed by atoms with Crippen LogP contribution in [0, 0.1) is 0 Å². The van der Waals surface area contributed by atoms with Crippen LogP contribution in [0.25, 0.3) is 21.8 Å². The smallest absolute Gasteiger partial charge is 0.142 e. The van der Waals surface area contributed by atoms with Crippen molar-refractivity contribution < 1.29 is 9.84 Å². The molecule has 0 aliphatic carbocycles. The number of nitrogens with zero attached hydrogens (tertiary/aromatic N) is 1. The van der Waals surface area contributed by atoms with Crippen LogP contribution in [-0.4, -0.2) is 29.4 Å². The fourth-order valence-corrected chi connectivity index (χ4v) is 4.08. The summed E-state index contributed by atoms with van der Waals surface area (Å²) in [4.78, 5) is 0. The minimum absolute atomic E-state index is 0.332. The predicted octanol–water partition coefficient (Wildman–Crippen LogP) is 6.24. The predicted molar refractivity (Wildman–Crippen MR) is 122 cm³/mol. The van der Waals surface area contributed by atoms with E-state index in [1.807, 2.05) is 36.4 Å². The SMILES string of the molecule is COc1ccc(Cl)cc1NC[C@@H](O)Cn1c2ccc(Cl)cc2c2cc(Cl)ccc21. The molecule has 0 saturated carbocycles. The van der Waals surface area contributed by atoms with E-state index in [4.69, 9.17) is 39.5 Å². The van der Waals surface area contributed by atoms with Gasteiger partial charge in [0.05, 0.1) is 25.4 Å². The molecule has 4 aromatic rings. The molecule has 29 heavy (non-hydrogen) atoms. The fraction of sp³-hybridized carbons (Fsp3) is 0.182. The largest absolute Gasteiger partial charge is 0.495 e. The Morgan fingerprint density at radius 3 is 2.03 bits per heavy atom. The molecule has 0 spiro atoms. The minimum atomic E-state index is -0.649. The molecule has 2 N–H and O–H groups in total. The quantitative estimate of drug-likeness (QED) is 0.366. The first-order valence-electron chi connectivity index (χ1n) is 9.09. The van der Waals surface area contributed by atoms with Crippen LogP contribution in [-0.2, 0) is 6.54 Å². The highest BCUT2D eigenvalue weighted by Gasteiger charge is 2.15. The van der Waals surface area contributed by atoms with Crippen molar-refractivity contribution in [2.45, 2.75) is 12.6 Å². The molecule has 3 aromatic carbocycles. The van der Waals surface area contributed by atoms with Crippen LogP contribution >= 0.6 is 34.8 Å². The summed E-state index contributed by atoms with van der Waals surface area (Å²) in [6.45, 7) is 0.734. The van der Waals surface area contributed by atoms with Gasteiger partial charge >= 0.3 is 0 Å². The van der Waals surface area contributed by atoms with Crippen molar-refractivity contribution >= 4 is 62.3 Å². The number of methoxy groups -OCH3 is 1. The first-order chi connectivity index (χ1) is 14.0. The zero-order chi connectivity index (χ0) is 20.5. The molecule has 4 rings (SSSR count). The van der Waals surface area contributed by atoms with Crippen LogP contribution in [0.2, 0.25) is 15.1 Å². The second kappa shape index (κ2) is 8.33. The molecule has 0 unspecified atom stereocenters. The van der Waals surface area contributed by atoms with E-state index in [2.05, 4.69) is 9.88 Å². The van der Waals surface area contributed by atoms with Crippen molar-refractivity contribution in [1.29, 1.82) is 0 Å². The van der Waals surface area contributed by atoms with Crippen LogP contribution in [0.1, 0.15) is 0 Å². The van der Waals surface area contributed by atoms with Crippen LogP contribution in [0.3, 0.4) is 0 Å². The number of aliphatic hydroxyl groups excluding tert-OH is 1. The topological polar surface area (TPSA) is 46.4 Å². The molecule has 0 aliphatic rings. The molecule has 7 heteroatoms. The van der Waals surface area contributed by atoms with Gasteiger partial charge in [0.2, 0.25) is 0 Å². The standard InChI is InChI=1S/C22H19Cl3N2O2/c1-29-22-7-4-15(25)10-19(22)26-11-16(28)12-27-20-5-2-13(23)8-17(20)18-9-14(24)3-6-21(18)27/h2-10,16,26,28H,11-12H2,1H3/t16-/m1/s1. The number of nitrogens with one attached hydrogen (secondary N) is 1. The number of halogens is 3. The maximum Gasteiger partial charge on any atom is 0.142 e. The van der Waals surface area contributed by atoms with E-state index in [1.165, 1.54) is 0 Å². The Morgan fingerprint density at radius 2 is 1.45 bits per heavy atom. The van der Waals surface area contributed by atoms with E-state index in [-0.39, 0.29) is 0 Å². The lowest BCUT2D eigenvalue weighted by molar-refractivity contribution is 0.169. The maximum atomic E-state index is 10.7. The van der Waals surface area contributed by atoms with E-state index >= 15 is 0 Å². The van der Waals surface area contributed by atoms with E-state index in [0.29, 0.717) is 33.9 Å². The number of fused-ring (bicyclic) bond motifs is 3. The van der Waals surface area contributed by atoms with Crippen molar-refractivity contribution in [3.05, 3.63) is 69.7 Å². The van der Waals surface area contributed by atoms with E-state index in [1.54, 1.807) is 25.3 Å². The monoisotopic (exact) mass is 448 g/mol. The number of rotatable bonds is 6. The third-order valence-electron chi connectivity index (χ3n) is 4.87. The molecule has 0 saturated heterocycles. The van der Waals surface area contributed by atoms with Crippen LogP contribution in [0.15, 0.2) is 54.6 Å². The third-order valence-corrected chi connectivity index (χ3v) is 5.58. The van der Waals surface area contributed by atoms with Crippen LogP contribution < -0.4 is 10.1 Å². The van der Waals surface area contributed by atoms with Gasteiger partial charge in [-0.25, -0.2) is 0 Å². The van der Waals surface area contributed by atoms with Gasteiger partial charge in [-0.2, -0.15) is 0 Å². The summed E-state index contributed by atoms with van der Waals surface area (Å²) < 4.78 is 7.43. The maximum absolute atomic E-state index is 10.7. The number of anilines is 1. The molecule has 0 radical (unpaired) electrons. The first-order valence-corrected chi connectivity index (χ1v) is 10.2. The first kappa shape index (κ1) is 20.2. The third kappa shape index (κ3) is 4.12. The van der Waals surface area contributed by atoms with Gasteiger partial charge in [-0.3, -0.25) is 0 Å². The Balaban J connectivity index is 1.63. The Bertz CT molecular complexity index is 1130. The normalized spacial score (nSPS) is 12.4. The van der Waals surface area contributed by atoms with Crippen molar-refractivity contribution in [3.63, 3.8) is 0 Å². The molecular formula is C22H19Cl3N2O2. The Labute approximate surface area is 183 Å². The lowest BCUT2D eigenvalue weighted by atomic mass is 10.1. The fourth-order valence-electron chi connectivity index (χ4n) is 3.57. The average molecular weight is 450 g/mol. The number of benzene rings is 3. The summed E-state index contributed by atoms with van der Waals surface area (Å²) in [7, 11) is 1.60. The van der Waals surface area contributed by atoms with Gasteiger partial charge in [-0.05, 0) is 54.6 Å². The Hall–Kier alpha value is -2.11. The van der Waals surface area contributed by atoms with E-state index in [9.17, 15) is 5.11 Å². The molecule has 150 valence electrons. The molecule has 0 fully saturated rings. The molecule has 0 amide bonds. The van der Waals surface area contributed by atoms with Gasteiger partial charge in [0.25, 0.3) is 0 Å². The highest BCUT2D eigenvalue weighted by molar-refractivity contribution is 6.33. The van der Waals surface area contributed by atoms with Gasteiger partial charge < -0.3 is 19.7 Å². The number of ether oxygens (including phenoxy) is 1. The summed E-state index contributed by atoms with van der Waals surface area (Å²) >= 11 is 18.5. The molecule has 1 atom stereocenters. The Kier molecular flexibility index (Phi) is 5.79. The zero-order valence-electron chi connectivity index (χ0n) is 15.6. The summed E-state index contributed by atoms with van der Waals surface area (Å²) in [5.41, 5.74) is 2.72. The van der Waals surface area contributed by atoms with Crippen molar-refractivity contribution in [2.75, 3.05) is 19.0 Å². The second-order valence-corrected chi connectivity index (χ2v) is 8.12. The lowest BCUT2D eigenvalue weighted by Crippen LogP contribution is -2.25. The molecule has 1 aromatic heterocycles. The highest BCUT2D eigenvalue weighted by atomic mass is 35.5. The number of hydrogen-bond donors (Lipinski definition) is 2. The lowest BCUT2D eigenvalue weighted by Gasteiger charge is -2.17. The average Bonchev–Trinajstić information content (AvgIpc) is 2.98. The summed E-state index contributed by atoms with van der Waals surface area (Å²) in [6, 6.07) is 16.8. The second-order valence-electron chi connectivity index (χ2n) is 6.81. The number of aromatic nitrogens is 1. The molecule has 1 heterocycles. The highest BCUT2D eigenvalue weighted by Crippen LogP contribution is 2.33. The van der Waals surface area contributed by atoms with Crippen molar-refractivity contribution in [2.24, 2.45) is 0 Å². The number of aliphatic hydroxyl groups is 1. The van der Waals surface area contributed by atoms with E-state index in [0.717, 1.165) is 27.5 Å². The zero-order valence-corrected chi connectivity index (χ0v) is 17.9. The Morgan fingerprint density at radius 1 is 0.897 bits per heavy atom. The van der Waals surface area contributed by atoms with Gasteiger partial charge in [0, 0.05) is 43.4 Å². The molecular weight excluding hydrogens is 431 g/mol. The molecule has 4 nitrogen and oxygen atoms in total. The number of hydrogen-bond acceptors (Lipinski definition) is 3. The van der Waals surface area contributed by atoms with E-state index < -0.39 is 6.10 Å². The van der Waals surface area contributed by atoms with Crippen LogP contribution in [0.4, 0.5) is 5.69 Å². The van der Waals surface area contributed by atoms with Gasteiger partial charge in [0.15, 0.2) is 0 Å². The van der Waals surface area contributed by atoms with Crippen molar-refractivity contribution in [3.8, 4) is 5.75 Å². The summed E-state index contributed by atoms with van der Waals surface area (Å²) in [5.74, 6) is 0.669. The summed E-state index contributed by atoms with van der Waals surface area (Å²) in [5, 5.41) is 17.9. The molecule has 0 bridgehead atoms. The molecule has 0 aliphatic heterocycles. The van der Waals surface area contributed by atoms with Crippen LogP contribution in [0.5, 0.6) is 5.75 Å².